The predicted octanol–water partition coefficient (Wildman–Crippen LogP) is 1.54. The number of aliphatic hydroxyl groups excluding tert-OH is 3. The maximum absolute atomic E-state index is 11.0. The minimum absolute atomic E-state index is 0.206. The van der Waals surface area contributed by atoms with E-state index in [0.29, 0.717) is 23.5 Å². The molecule has 8 heteroatoms. The molecule has 0 bridgehead atoms. The van der Waals surface area contributed by atoms with Crippen LogP contribution in [-0.4, -0.2) is 65.0 Å². The van der Waals surface area contributed by atoms with Gasteiger partial charge in [0.15, 0.2) is 0 Å². The van der Waals surface area contributed by atoms with Crippen molar-refractivity contribution in [3.63, 3.8) is 0 Å². The Morgan fingerprint density at radius 1 is 0.967 bits per heavy atom. The molecular weight excluding hydrogens is 392 g/mol. The Bertz CT molecular complexity index is 895. The number of methoxy groups -OCH3 is 2. The van der Waals surface area contributed by atoms with Gasteiger partial charge in [0.2, 0.25) is 0 Å². The lowest BCUT2D eigenvalue weighted by Crippen LogP contribution is -2.53. The fourth-order valence-corrected chi connectivity index (χ4v) is 3.64. The van der Waals surface area contributed by atoms with Gasteiger partial charge in [0.25, 0.3) is 0 Å². The minimum atomic E-state index is -1.36. The summed E-state index contributed by atoms with van der Waals surface area (Å²) in [6.45, 7) is 1.62. The van der Waals surface area contributed by atoms with Crippen LogP contribution >= 0.6 is 0 Å². The molecule has 0 aromatic heterocycles. The fourth-order valence-electron chi connectivity index (χ4n) is 3.64. The Morgan fingerprint density at radius 3 is 2.17 bits per heavy atom. The summed E-state index contributed by atoms with van der Waals surface area (Å²) < 4.78 is 16.8. The average molecular weight is 418 g/mol. The summed E-state index contributed by atoms with van der Waals surface area (Å²) in [6, 6.07) is 9.99. The van der Waals surface area contributed by atoms with Crippen molar-refractivity contribution in [3.05, 3.63) is 58.7 Å². The smallest absolute Gasteiger partial charge is 0.335 e. The highest BCUT2D eigenvalue weighted by molar-refractivity contribution is 5.87. The van der Waals surface area contributed by atoms with Gasteiger partial charge < -0.3 is 34.6 Å². The standard InChI is InChI=1S/C22H26O8/c1-11-18(23)19(24)20(25)21(30-11)15-10-16(28-2)14(9-17(15)29-3)8-12-4-6-13(7-5-12)22(26)27/h4-7,9-11,18-21,23-25H,8H2,1-3H3,(H,26,27)/t11-,18+,19+,20-,21+/m0/s1. The van der Waals surface area contributed by atoms with E-state index in [4.69, 9.17) is 19.3 Å². The van der Waals surface area contributed by atoms with Crippen LogP contribution in [0.2, 0.25) is 0 Å². The Hall–Kier alpha value is -2.65. The molecule has 5 atom stereocenters. The van der Waals surface area contributed by atoms with Crippen LogP contribution in [-0.2, 0) is 11.2 Å². The largest absolute Gasteiger partial charge is 0.496 e. The summed E-state index contributed by atoms with van der Waals surface area (Å²) in [4.78, 5) is 11.0. The second kappa shape index (κ2) is 9.01. The minimum Gasteiger partial charge on any atom is -0.496 e. The van der Waals surface area contributed by atoms with E-state index in [-0.39, 0.29) is 5.56 Å². The van der Waals surface area contributed by atoms with E-state index < -0.39 is 36.5 Å². The topological polar surface area (TPSA) is 126 Å². The van der Waals surface area contributed by atoms with Crippen LogP contribution in [0.1, 0.15) is 40.1 Å². The first kappa shape index (κ1) is 22.0. The number of aromatic carboxylic acids is 1. The Labute approximate surface area is 174 Å². The van der Waals surface area contributed by atoms with Gasteiger partial charge in [-0.1, -0.05) is 12.1 Å². The van der Waals surface area contributed by atoms with Crippen LogP contribution in [0.15, 0.2) is 36.4 Å². The summed E-state index contributed by atoms with van der Waals surface area (Å²) in [7, 11) is 3.00. The average Bonchev–Trinajstić information content (AvgIpc) is 2.75. The molecule has 1 saturated heterocycles. The molecule has 4 N–H and O–H groups in total. The summed E-state index contributed by atoms with van der Waals surface area (Å²) >= 11 is 0. The number of carboxylic acids is 1. The van der Waals surface area contributed by atoms with Crippen molar-refractivity contribution in [2.24, 2.45) is 0 Å². The Morgan fingerprint density at radius 2 is 1.60 bits per heavy atom. The number of rotatable bonds is 6. The van der Waals surface area contributed by atoms with Crippen LogP contribution in [0, 0.1) is 0 Å². The van der Waals surface area contributed by atoms with Crippen LogP contribution < -0.4 is 9.47 Å². The molecule has 2 aromatic rings. The number of ether oxygens (including phenoxy) is 3. The van der Waals surface area contributed by atoms with Crippen molar-refractivity contribution in [2.45, 2.75) is 43.9 Å². The molecular formula is C22H26O8. The lowest BCUT2D eigenvalue weighted by atomic mass is 9.90. The zero-order chi connectivity index (χ0) is 22.0. The van der Waals surface area contributed by atoms with Gasteiger partial charge in [0.1, 0.15) is 35.9 Å². The Balaban J connectivity index is 1.95. The quantitative estimate of drug-likeness (QED) is 0.557. The molecule has 1 heterocycles. The Kier molecular flexibility index (Phi) is 6.62. The molecule has 1 aliphatic rings. The number of carboxylic acid groups (broad SMARTS) is 1. The highest BCUT2D eigenvalue weighted by Gasteiger charge is 2.43. The van der Waals surface area contributed by atoms with Gasteiger partial charge in [-0.15, -0.1) is 0 Å². The number of hydrogen-bond donors (Lipinski definition) is 4. The summed E-state index contributed by atoms with van der Waals surface area (Å²) in [5.74, 6) is -0.0253. The van der Waals surface area contributed by atoms with Crippen molar-refractivity contribution in [1.82, 2.24) is 0 Å². The molecule has 3 rings (SSSR count). The van der Waals surface area contributed by atoms with Gasteiger partial charge in [0.05, 0.1) is 25.9 Å². The molecule has 30 heavy (non-hydrogen) atoms. The number of benzene rings is 2. The van der Waals surface area contributed by atoms with Crippen molar-refractivity contribution in [2.75, 3.05) is 14.2 Å². The third-order valence-electron chi connectivity index (χ3n) is 5.39. The molecule has 2 aromatic carbocycles. The number of hydrogen-bond acceptors (Lipinski definition) is 7. The van der Waals surface area contributed by atoms with E-state index >= 15 is 0 Å². The predicted molar refractivity (Wildman–Crippen MR) is 107 cm³/mol. The highest BCUT2D eigenvalue weighted by Crippen LogP contribution is 2.40. The summed E-state index contributed by atoms with van der Waals surface area (Å²) in [5, 5.41) is 39.6. The monoisotopic (exact) mass is 418 g/mol. The lowest BCUT2D eigenvalue weighted by Gasteiger charge is -2.40. The van der Waals surface area contributed by atoms with Crippen LogP contribution in [0.25, 0.3) is 0 Å². The van der Waals surface area contributed by atoms with Crippen LogP contribution in [0.4, 0.5) is 0 Å². The summed E-state index contributed by atoms with van der Waals surface area (Å²) in [6.07, 6.45) is -5.03. The maximum atomic E-state index is 11.0. The van der Waals surface area contributed by atoms with E-state index in [1.54, 1.807) is 31.2 Å². The molecule has 0 radical (unpaired) electrons. The SMILES string of the molecule is COc1cc([C@H]2O[C@@H](C)[C@@H](O)[C@@H](O)[C@@H]2O)c(OC)cc1Cc1ccc(C(=O)O)cc1. The van der Waals surface area contributed by atoms with Gasteiger partial charge in [-0.2, -0.15) is 0 Å². The van der Waals surface area contributed by atoms with E-state index in [1.807, 2.05) is 0 Å². The van der Waals surface area contributed by atoms with Gasteiger partial charge in [-0.3, -0.25) is 0 Å². The van der Waals surface area contributed by atoms with Crippen LogP contribution in [0.3, 0.4) is 0 Å². The lowest BCUT2D eigenvalue weighted by molar-refractivity contribution is -0.219. The third-order valence-corrected chi connectivity index (χ3v) is 5.39. The van der Waals surface area contributed by atoms with Crippen molar-refractivity contribution in [3.8, 4) is 11.5 Å². The van der Waals surface area contributed by atoms with E-state index in [0.717, 1.165) is 11.1 Å². The van der Waals surface area contributed by atoms with Gasteiger partial charge in [-0.05, 0) is 36.8 Å². The van der Waals surface area contributed by atoms with Crippen molar-refractivity contribution < 1.29 is 39.4 Å². The maximum Gasteiger partial charge on any atom is 0.335 e. The summed E-state index contributed by atoms with van der Waals surface area (Å²) in [5.41, 5.74) is 2.37. The molecule has 162 valence electrons. The number of aliphatic hydroxyl groups is 3. The van der Waals surface area contributed by atoms with Gasteiger partial charge in [-0.25, -0.2) is 4.79 Å². The first-order valence-electron chi connectivity index (χ1n) is 9.53. The second-order valence-electron chi connectivity index (χ2n) is 7.32. The molecule has 0 aliphatic carbocycles. The molecule has 0 unspecified atom stereocenters. The zero-order valence-corrected chi connectivity index (χ0v) is 17.0. The number of carbonyl (C=O) groups is 1. The molecule has 1 aliphatic heterocycles. The van der Waals surface area contributed by atoms with Gasteiger partial charge >= 0.3 is 5.97 Å². The van der Waals surface area contributed by atoms with Crippen LogP contribution in [0.5, 0.6) is 11.5 Å². The molecule has 8 nitrogen and oxygen atoms in total. The van der Waals surface area contributed by atoms with E-state index in [9.17, 15) is 20.1 Å². The van der Waals surface area contributed by atoms with Crippen molar-refractivity contribution >= 4 is 5.97 Å². The normalized spacial score (nSPS) is 26.3. The third kappa shape index (κ3) is 4.27. The molecule has 0 spiro atoms. The molecule has 0 amide bonds. The zero-order valence-electron chi connectivity index (χ0n) is 17.0. The van der Waals surface area contributed by atoms with Crippen molar-refractivity contribution in [1.29, 1.82) is 0 Å². The first-order valence-corrected chi connectivity index (χ1v) is 9.53. The highest BCUT2D eigenvalue weighted by atomic mass is 16.5. The fraction of sp³-hybridized carbons (Fsp3) is 0.409. The molecule has 1 fully saturated rings. The van der Waals surface area contributed by atoms with E-state index in [2.05, 4.69) is 0 Å². The molecule has 0 saturated carbocycles. The first-order chi connectivity index (χ1) is 14.3. The van der Waals surface area contributed by atoms with Gasteiger partial charge in [0, 0.05) is 17.5 Å². The van der Waals surface area contributed by atoms with E-state index in [1.165, 1.54) is 26.4 Å². The second-order valence-corrected chi connectivity index (χ2v) is 7.32.